The van der Waals surface area contributed by atoms with Crippen LogP contribution >= 0.6 is 0 Å². The molecule has 0 radical (unpaired) electrons. The van der Waals surface area contributed by atoms with Gasteiger partial charge in [-0.05, 0) is 42.3 Å². The van der Waals surface area contributed by atoms with E-state index in [2.05, 4.69) is 4.58 Å². The maximum atomic E-state index is 12.8. The highest BCUT2D eigenvalue weighted by atomic mass is 16.6. The molecule has 2 aromatic rings. The van der Waals surface area contributed by atoms with Gasteiger partial charge < -0.3 is 14.2 Å². The number of hydrogen-bond acceptors (Lipinski definition) is 4. The van der Waals surface area contributed by atoms with Crippen LogP contribution in [0.5, 0.6) is 11.5 Å². The summed E-state index contributed by atoms with van der Waals surface area (Å²) in [5.41, 5.74) is 20.5. The van der Waals surface area contributed by atoms with E-state index in [-0.39, 0.29) is 12.7 Å². The van der Waals surface area contributed by atoms with Gasteiger partial charge in [0.1, 0.15) is 17.6 Å². The molecule has 192 valence electrons. The zero-order valence-corrected chi connectivity index (χ0v) is 21.1. The first kappa shape index (κ1) is 25.3. The standard InChI is InChI=1S/C27H35N5O4/c1-3-34-26(33)25(36-24-9-4-19-10-13-32(27(29)30)17-21(19)16-24)20-5-7-22(8-6-20)35-23-11-14-31(15-12-23)18(2)28/h4-9,16,23,25,28H,3,10-15,17H2,1-2H3,(H3,29,30)/p+2. The van der Waals surface area contributed by atoms with Crippen molar-refractivity contribution in [1.82, 2.24) is 0 Å². The third-order valence-electron chi connectivity index (χ3n) is 6.74. The Labute approximate surface area is 212 Å². The van der Waals surface area contributed by atoms with E-state index in [1.54, 1.807) is 6.92 Å². The molecule has 9 heteroatoms. The SMILES string of the molecule is CCOC(=O)C(Oc1ccc2c(c1)C[N+](=C(N)N)CC2)c1ccc(OC2CC[N+](=C(C)N)CC2)cc1. The minimum atomic E-state index is -0.894. The number of benzene rings is 2. The summed E-state index contributed by atoms with van der Waals surface area (Å²) in [5, 5.41) is 0. The Morgan fingerprint density at radius 2 is 1.67 bits per heavy atom. The minimum Gasteiger partial charge on any atom is -0.490 e. The summed E-state index contributed by atoms with van der Waals surface area (Å²) < 4.78 is 21.8. The van der Waals surface area contributed by atoms with Gasteiger partial charge in [-0.2, -0.15) is 0 Å². The van der Waals surface area contributed by atoms with Crippen molar-refractivity contribution in [2.45, 2.75) is 51.9 Å². The highest BCUT2D eigenvalue weighted by Crippen LogP contribution is 2.29. The van der Waals surface area contributed by atoms with Gasteiger partial charge in [-0.25, -0.2) is 4.79 Å². The maximum absolute atomic E-state index is 12.8. The molecule has 2 aliphatic rings. The van der Waals surface area contributed by atoms with E-state index < -0.39 is 12.1 Å². The predicted octanol–water partition coefficient (Wildman–Crippen LogP) is 1.64. The number of guanidine groups is 1. The predicted molar refractivity (Wildman–Crippen MR) is 137 cm³/mol. The average molecular weight is 496 g/mol. The van der Waals surface area contributed by atoms with Gasteiger partial charge in [0.2, 0.25) is 11.9 Å². The zero-order valence-electron chi connectivity index (χ0n) is 21.1. The van der Waals surface area contributed by atoms with Crippen LogP contribution in [0.25, 0.3) is 0 Å². The highest BCUT2D eigenvalue weighted by Gasteiger charge is 2.26. The Kier molecular flexibility index (Phi) is 7.97. The summed E-state index contributed by atoms with van der Waals surface area (Å²) in [6.07, 6.45) is 1.91. The lowest BCUT2D eigenvalue weighted by molar-refractivity contribution is -0.549. The van der Waals surface area contributed by atoms with Crippen LogP contribution in [0.4, 0.5) is 0 Å². The molecule has 0 saturated carbocycles. The van der Waals surface area contributed by atoms with Crippen LogP contribution in [-0.4, -0.2) is 59.3 Å². The molecule has 0 bridgehead atoms. The molecule has 1 unspecified atom stereocenters. The topological polar surface area (TPSA) is 129 Å². The van der Waals surface area contributed by atoms with Crippen LogP contribution in [0.3, 0.4) is 0 Å². The van der Waals surface area contributed by atoms with Gasteiger partial charge >= 0.3 is 11.9 Å². The molecule has 0 spiro atoms. The Bertz CT molecular complexity index is 1140. The molecule has 9 nitrogen and oxygen atoms in total. The fourth-order valence-electron chi connectivity index (χ4n) is 4.67. The van der Waals surface area contributed by atoms with Crippen LogP contribution in [0.15, 0.2) is 42.5 Å². The van der Waals surface area contributed by atoms with Gasteiger partial charge in [-0.15, -0.1) is 0 Å². The Morgan fingerprint density at radius 1 is 0.972 bits per heavy atom. The normalized spacial score (nSPS) is 18.1. The van der Waals surface area contributed by atoms with Crippen LogP contribution in [0.2, 0.25) is 0 Å². The van der Waals surface area contributed by atoms with E-state index in [0.717, 1.165) is 56.0 Å². The fraction of sp³-hybridized carbons (Fsp3) is 0.444. The van der Waals surface area contributed by atoms with Gasteiger partial charge in [0.05, 0.1) is 32.8 Å². The molecule has 2 heterocycles. The van der Waals surface area contributed by atoms with Crippen LogP contribution < -0.4 is 26.7 Å². The van der Waals surface area contributed by atoms with E-state index in [9.17, 15) is 4.79 Å². The molecular formula is C27H37N5O4+2. The first-order valence-electron chi connectivity index (χ1n) is 12.5. The first-order chi connectivity index (χ1) is 17.3. The smallest absolute Gasteiger partial charge is 0.352 e. The van der Waals surface area contributed by atoms with Gasteiger partial charge in [0, 0.05) is 31.7 Å². The minimum absolute atomic E-state index is 0.137. The number of nitrogens with zero attached hydrogens (tertiary/aromatic N) is 2. The molecule has 2 aliphatic heterocycles. The number of nitrogens with two attached hydrogens (primary N) is 3. The van der Waals surface area contributed by atoms with E-state index >= 15 is 0 Å². The van der Waals surface area contributed by atoms with E-state index in [1.165, 1.54) is 5.56 Å². The number of carbonyl (C=O) groups is 1. The lowest BCUT2D eigenvalue weighted by Gasteiger charge is -2.25. The van der Waals surface area contributed by atoms with Gasteiger partial charge in [-0.3, -0.25) is 26.4 Å². The monoisotopic (exact) mass is 495 g/mol. The van der Waals surface area contributed by atoms with Crippen molar-refractivity contribution in [3.05, 3.63) is 59.2 Å². The van der Waals surface area contributed by atoms with Crippen molar-refractivity contribution >= 4 is 17.8 Å². The van der Waals surface area contributed by atoms with E-state index in [0.29, 0.717) is 23.8 Å². The third kappa shape index (κ3) is 6.08. The number of piperidine rings is 1. The molecule has 1 atom stereocenters. The van der Waals surface area contributed by atoms with Crippen LogP contribution in [0, 0.1) is 0 Å². The summed E-state index contributed by atoms with van der Waals surface area (Å²) in [6.45, 7) is 7.13. The lowest BCUT2D eigenvalue weighted by Crippen LogP contribution is -2.38. The van der Waals surface area contributed by atoms with Crippen LogP contribution in [0.1, 0.15) is 49.5 Å². The number of rotatable bonds is 7. The second-order valence-corrected chi connectivity index (χ2v) is 9.29. The number of fused-ring (bicyclic) bond motifs is 1. The molecule has 36 heavy (non-hydrogen) atoms. The summed E-state index contributed by atoms with van der Waals surface area (Å²) >= 11 is 0. The Balaban J connectivity index is 1.47. The van der Waals surface area contributed by atoms with Crippen molar-refractivity contribution in [3.63, 3.8) is 0 Å². The van der Waals surface area contributed by atoms with Crippen molar-refractivity contribution in [1.29, 1.82) is 0 Å². The quantitative estimate of drug-likeness (QED) is 0.303. The van der Waals surface area contributed by atoms with Crippen molar-refractivity contribution in [3.8, 4) is 11.5 Å². The van der Waals surface area contributed by atoms with Crippen molar-refractivity contribution < 1.29 is 28.2 Å². The maximum Gasteiger partial charge on any atom is 0.352 e. The molecular weight excluding hydrogens is 458 g/mol. The number of carbonyl (C=O) groups excluding carboxylic acids is 1. The molecule has 0 aliphatic carbocycles. The highest BCUT2D eigenvalue weighted by molar-refractivity contribution is 5.77. The van der Waals surface area contributed by atoms with Gasteiger partial charge in [0.25, 0.3) is 0 Å². The number of hydrogen-bond donors (Lipinski definition) is 3. The Hall–Kier alpha value is -3.75. The summed E-state index contributed by atoms with van der Waals surface area (Å²) in [5.74, 6) is 2.06. The molecule has 0 amide bonds. The number of ether oxygens (including phenoxy) is 3. The lowest BCUT2D eigenvalue weighted by atomic mass is 10.0. The van der Waals surface area contributed by atoms with E-state index in [1.807, 2.05) is 54.0 Å². The van der Waals surface area contributed by atoms with Crippen molar-refractivity contribution in [2.24, 2.45) is 17.2 Å². The molecule has 0 aromatic heterocycles. The third-order valence-corrected chi connectivity index (χ3v) is 6.74. The van der Waals surface area contributed by atoms with Crippen LogP contribution in [-0.2, 0) is 22.5 Å². The second kappa shape index (κ2) is 11.3. The molecule has 1 fully saturated rings. The summed E-state index contributed by atoms with van der Waals surface area (Å²) in [4.78, 5) is 12.8. The van der Waals surface area contributed by atoms with Gasteiger partial charge in [-0.1, -0.05) is 18.2 Å². The average Bonchev–Trinajstić information content (AvgIpc) is 2.88. The van der Waals surface area contributed by atoms with E-state index in [4.69, 9.17) is 31.4 Å². The summed E-state index contributed by atoms with van der Waals surface area (Å²) in [6, 6.07) is 13.3. The second-order valence-electron chi connectivity index (χ2n) is 9.29. The largest absolute Gasteiger partial charge is 0.490 e. The van der Waals surface area contributed by atoms with Gasteiger partial charge in [0.15, 0.2) is 0 Å². The summed E-state index contributed by atoms with van der Waals surface area (Å²) in [7, 11) is 0. The number of esters is 1. The molecule has 1 saturated heterocycles. The zero-order chi connectivity index (χ0) is 25.7. The first-order valence-corrected chi connectivity index (χ1v) is 12.5. The van der Waals surface area contributed by atoms with Crippen molar-refractivity contribution in [2.75, 3.05) is 26.2 Å². The fourth-order valence-corrected chi connectivity index (χ4v) is 4.67. The molecule has 6 N–H and O–H groups in total. The Morgan fingerprint density at radius 3 is 2.31 bits per heavy atom. The number of amidine groups is 1. The molecule has 2 aromatic carbocycles. The molecule has 4 rings (SSSR count).